The van der Waals surface area contributed by atoms with E-state index in [2.05, 4.69) is 15.7 Å². The van der Waals surface area contributed by atoms with Crippen LogP contribution < -0.4 is 10.6 Å². The molecule has 142 valence electrons. The molecule has 4 rings (SSSR count). The molecule has 1 aromatic carbocycles. The fraction of sp³-hybridized carbons (Fsp3) is 0.105. The van der Waals surface area contributed by atoms with Crippen molar-refractivity contribution in [2.24, 2.45) is 7.05 Å². The average Bonchev–Trinajstić information content (AvgIpc) is 3.40. The Labute approximate surface area is 168 Å². The van der Waals surface area contributed by atoms with E-state index in [0.29, 0.717) is 21.3 Å². The summed E-state index contributed by atoms with van der Waals surface area (Å²) in [4.78, 5) is 25.6. The van der Waals surface area contributed by atoms with Crippen LogP contribution >= 0.6 is 22.9 Å². The molecule has 9 heteroatoms. The first-order valence-corrected chi connectivity index (χ1v) is 9.55. The Balaban J connectivity index is 1.55. The number of carbonyl (C=O) groups is 2. The fourth-order valence-electron chi connectivity index (χ4n) is 2.75. The molecule has 0 atom stereocenters. The van der Waals surface area contributed by atoms with Crippen LogP contribution in [-0.4, -0.2) is 21.6 Å². The molecule has 0 aliphatic rings. The van der Waals surface area contributed by atoms with Gasteiger partial charge < -0.3 is 15.1 Å². The number of aromatic nitrogens is 2. The number of rotatable bonds is 5. The second-order valence-corrected chi connectivity index (χ2v) is 7.45. The molecule has 28 heavy (non-hydrogen) atoms. The number of carbonyl (C=O) groups excluding carboxylic acids is 2. The van der Waals surface area contributed by atoms with Gasteiger partial charge in [-0.05, 0) is 18.2 Å². The summed E-state index contributed by atoms with van der Waals surface area (Å²) in [6.07, 6.45) is 3.10. The van der Waals surface area contributed by atoms with Gasteiger partial charge in [0.2, 0.25) is 0 Å². The number of nitrogens with one attached hydrogen (secondary N) is 2. The number of aryl methyl sites for hydroxylation is 1. The van der Waals surface area contributed by atoms with Gasteiger partial charge in [0, 0.05) is 23.3 Å². The maximum absolute atomic E-state index is 12.8. The number of benzene rings is 1. The number of amides is 2. The molecule has 3 aromatic heterocycles. The summed E-state index contributed by atoms with van der Waals surface area (Å²) in [5.74, 6) is -0.194. The molecule has 0 bridgehead atoms. The number of hydrogen-bond acceptors (Lipinski definition) is 5. The Morgan fingerprint density at radius 2 is 2.04 bits per heavy atom. The van der Waals surface area contributed by atoms with E-state index < -0.39 is 5.91 Å². The number of hydrogen-bond donors (Lipinski definition) is 2. The van der Waals surface area contributed by atoms with Crippen molar-refractivity contribution in [3.63, 3.8) is 0 Å². The molecule has 2 N–H and O–H groups in total. The minimum absolute atomic E-state index is 0.111. The predicted molar refractivity (Wildman–Crippen MR) is 108 cm³/mol. The first-order chi connectivity index (χ1) is 13.5. The second-order valence-electron chi connectivity index (χ2n) is 6.02. The van der Waals surface area contributed by atoms with Crippen LogP contribution in [0.5, 0.6) is 0 Å². The van der Waals surface area contributed by atoms with Crippen molar-refractivity contribution < 1.29 is 14.0 Å². The van der Waals surface area contributed by atoms with Gasteiger partial charge in [-0.25, -0.2) is 0 Å². The van der Waals surface area contributed by atoms with E-state index in [0.717, 1.165) is 10.1 Å². The lowest BCUT2D eigenvalue weighted by Gasteiger charge is -2.05. The zero-order valence-electron chi connectivity index (χ0n) is 14.7. The molecular weight excluding hydrogens is 400 g/mol. The van der Waals surface area contributed by atoms with Crippen molar-refractivity contribution in [2.75, 3.05) is 5.32 Å². The van der Waals surface area contributed by atoms with Crippen LogP contribution in [0.3, 0.4) is 0 Å². The van der Waals surface area contributed by atoms with Gasteiger partial charge in [-0.15, -0.1) is 11.3 Å². The third-order valence-electron chi connectivity index (χ3n) is 4.04. The van der Waals surface area contributed by atoms with Crippen LogP contribution in [0.15, 0.2) is 53.3 Å². The highest BCUT2D eigenvalue weighted by Crippen LogP contribution is 2.35. The van der Waals surface area contributed by atoms with Gasteiger partial charge in [-0.1, -0.05) is 29.8 Å². The Bertz CT molecular complexity index is 1160. The van der Waals surface area contributed by atoms with Crippen molar-refractivity contribution in [1.29, 1.82) is 0 Å². The number of fused-ring (bicyclic) bond motifs is 1. The monoisotopic (exact) mass is 414 g/mol. The van der Waals surface area contributed by atoms with E-state index >= 15 is 0 Å². The molecule has 4 aromatic rings. The molecule has 2 amide bonds. The molecule has 0 unspecified atom stereocenters. The molecular formula is C19H15ClN4O3S. The van der Waals surface area contributed by atoms with Gasteiger partial charge >= 0.3 is 0 Å². The zero-order chi connectivity index (χ0) is 19.7. The van der Waals surface area contributed by atoms with Crippen LogP contribution in [0.2, 0.25) is 5.02 Å². The topological polar surface area (TPSA) is 89.2 Å². The maximum atomic E-state index is 12.8. The number of anilines is 1. The van der Waals surface area contributed by atoms with Crippen LogP contribution in [0.4, 0.5) is 5.69 Å². The maximum Gasteiger partial charge on any atom is 0.274 e. The third kappa shape index (κ3) is 3.51. The standard InChI is InChI=1S/C19H15ClN4O3S/c1-24-10-13(16(23-24)18(25)21-9-11-5-4-8-27-11)22-19(26)17-15(20)12-6-2-3-7-14(12)28-17/h2-8,10H,9H2,1H3,(H,21,25)(H,22,26). The summed E-state index contributed by atoms with van der Waals surface area (Å²) < 4.78 is 7.58. The molecule has 0 radical (unpaired) electrons. The van der Waals surface area contributed by atoms with E-state index in [9.17, 15) is 9.59 Å². The molecule has 3 heterocycles. The molecule has 0 spiro atoms. The summed E-state index contributed by atoms with van der Waals surface area (Å²) in [6.45, 7) is 0.220. The lowest BCUT2D eigenvalue weighted by molar-refractivity contribution is 0.0943. The molecule has 0 aliphatic carbocycles. The molecule has 0 saturated heterocycles. The van der Waals surface area contributed by atoms with E-state index in [4.69, 9.17) is 16.0 Å². The minimum atomic E-state index is -0.422. The van der Waals surface area contributed by atoms with Gasteiger partial charge in [0.1, 0.15) is 10.6 Å². The van der Waals surface area contributed by atoms with Crippen molar-refractivity contribution in [1.82, 2.24) is 15.1 Å². The highest BCUT2D eigenvalue weighted by molar-refractivity contribution is 7.21. The Morgan fingerprint density at radius 3 is 2.79 bits per heavy atom. The van der Waals surface area contributed by atoms with E-state index in [1.165, 1.54) is 22.3 Å². The van der Waals surface area contributed by atoms with Crippen LogP contribution in [0, 0.1) is 0 Å². The summed E-state index contributed by atoms with van der Waals surface area (Å²) in [5, 5.41) is 10.8. The quantitative estimate of drug-likeness (QED) is 0.515. The van der Waals surface area contributed by atoms with E-state index in [-0.39, 0.29) is 18.1 Å². The van der Waals surface area contributed by atoms with Crippen LogP contribution in [0.25, 0.3) is 10.1 Å². The van der Waals surface area contributed by atoms with E-state index in [1.54, 1.807) is 25.4 Å². The van der Waals surface area contributed by atoms with Crippen molar-refractivity contribution >= 4 is 50.5 Å². The fourth-order valence-corrected chi connectivity index (χ4v) is 4.16. The number of nitrogens with zero attached hydrogens (tertiary/aromatic N) is 2. The number of furan rings is 1. The van der Waals surface area contributed by atoms with Gasteiger partial charge in [-0.2, -0.15) is 5.10 Å². The van der Waals surface area contributed by atoms with Gasteiger partial charge in [0.05, 0.1) is 23.5 Å². The molecule has 0 fully saturated rings. The highest BCUT2D eigenvalue weighted by atomic mass is 35.5. The zero-order valence-corrected chi connectivity index (χ0v) is 16.3. The highest BCUT2D eigenvalue weighted by Gasteiger charge is 2.22. The smallest absolute Gasteiger partial charge is 0.274 e. The summed E-state index contributed by atoms with van der Waals surface area (Å²) in [6, 6.07) is 11.0. The lowest BCUT2D eigenvalue weighted by Crippen LogP contribution is -2.25. The SMILES string of the molecule is Cn1cc(NC(=O)c2sc3ccccc3c2Cl)c(C(=O)NCc2ccco2)n1. The Morgan fingerprint density at radius 1 is 1.21 bits per heavy atom. The largest absolute Gasteiger partial charge is 0.467 e. The van der Waals surface area contributed by atoms with Crippen molar-refractivity contribution in [2.45, 2.75) is 6.54 Å². The summed E-state index contributed by atoms with van der Waals surface area (Å²) in [5.41, 5.74) is 0.414. The Kier molecular flexibility index (Phi) is 4.89. The van der Waals surface area contributed by atoms with Crippen molar-refractivity contribution in [3.05, 3.63) is 70.2 Å². The first-order valence-electron chi connectivity index (χ1n) is 8.35. The van der Waals surface area contributed by atoms with Gasteiger partial charge in [-0.3, -0.25) is 14.3 Å². The molecule has 7 nitrogen and oxygen atoms in total. The number of halogens is 1. The van der Waals surface area contributed by atoms with Gasteiger partial charge in [0.25, 0.3) is 11.8 Å². The van der Waals surface area contributed by atoms with E-state index in [1.807, 2.05) is 24.3 Å². The molecule has 0 aliphatic heterocycles. The normalized spacial score (nSPS) is 10.9. The third-order valence-corrected chi connectivity index (χ3v) is 5.71. The Hall–Kier alpha value is -3.10. The van der Waals surface area contributed by atoms with Crippen molar-refractivity contribution in [3.8, 4) is 0 Å². The van der Waals surface area contributed by atoms with Crippen LogP contribution in [0.1, 0.15) is 25.9 Å². The van der Waals surface area contributed by atoms with Gasteiger partial charge in [0.15, 0.2) is 5.69 Å². The number of thiophene rings is 1. The lowest BCUT2D eigenvalue weighted by atomic mass is 10.2. The first kappa shape index (κ1) is 18.3. The predicted octanol–water partition coefficient (Wildman–Crippen LogP) is 4.06. The second kappa shape index (κ2) is 7.49. The summed E-state index contributed by atoms with van der Waals surface area (Å²) in [7, 11) is 1.67. The summed E-state index contributed by atoms with van der Waals surface area (Å²) >= 11 is 7.67. The molecule has 0 saturated carbocycles. The van der Waals surface area contributed by atoms with Crippen LogP contribution in [-0.2, 0) is 13.6 Å². The average molecular weight is 415 g/mol. The minimum Gasteiger partial charge on any atom is -0.467 e.